The van der Waals surface area contributed by atoms with Crippen LogP contribution in [-0.4, -0.2) is 0 Å². The molecule has 1 N–H and O–H groups in total. The van der Waals surface area contributed by atoms with Gasteiger partial charge in [0, 0.05) is 20.7 Å². The van der Waals surface area contributed by atoms with Crippen molar-refractivity contribution in [3.05, 3.63) is 62.8 Å². The topological polar surface area (TPSA) is 12.0 Å². The van der Waals surface area contributed by atoms with Crippen molar-refractivity contribution in [2.45, 2.75) is 18.9 Å². The van der Waals surface area contributed by atoms with Crippen LogP contribution in [0.3, 0.4) is 0 Å². The highest BCUT2D eigenvalue weighted by Crippen LogP contribution is 2.36. The third-order valence-corrected chi connectivity index (χ3v) is 4.16. The average molecular weight is 341 g/mol. The molecule has 0 saturated carbocycles. The molecule has 0 bridgehead atoms. The molecule has 1 aliphatic rings. The molecule has 0 amide bonds. The number of halogens is 3. The predicted octanol–water partition coefficient (Wildman–Crippen LogP) is 5.34. The van der Waals surface area contributed by atoms with Gasteiger partial charge >= 0.3 is 0 Å². The minimum absolute atomic E-state index is 0.147. The monoisotopic (exact) mass is 339 g/mol. The summed E-state index contributed by atoms with van der Waals surface area (Å²) in [6, 6.07) is 11.5. The van der Waals surface area contributed by atoms with Crippen molar-refractivity contribution < 1.29 is 4.39 Å². The normalized spacial score (nSPS) is 17.7. The maximum Gasteiger partial charge on any atom is 0.129 e. The van der Waals surface area contributed by atoms with Crippen molar-refractivity contribution in [2.75, 3.05) is 5.32 Å². The highest BCUT2D eigenvalue weighted by molar-refractivity contribution is 9.10. The Bertz CT molecular complexity index is 612. The summed E-state index contributed by atoms with van der Waals surface area (Å²) in [5, 5.41) is 4.13. The van der Waals surface area contributed by atoms with Crippen LogP contribution in [0.25, 0.3) is 0 Å². The van der Waals surface area contributed by atoms with E-state index in [4.69, 9.17) is 11.6 Å². The van der Waals surface area contributed by atoms with E-state index in [2.05, 4.69) is 21.2 Å². The molecule has 1 aliphatic heterocycles. The molecule has 0 saturated heterocycles. The Labute approximate surface area is 124 Å². The van der Waals surface area contributed by atoms with Gasteiger partial charge in [-0.15, -0.1) is 0 Å². The second kappa shape index (κ2) is 5.14. The van der Waals surface area contributed by atoms with Crippen LogP contribution in [0.1, 0.15) is 23.6 Å². The Hall–Kier alpha value is -1.06. The van der Waals surface area contributed by atoms with E-state index in [1.807, 2.05) is 30.3 Å². The first-order chi connectivity index (χ1) is 9.13. The SMILES string of the molecule is Fc1cc(Br)cc2c1CCC(c1ccc(Cl)cc1)N2. The molecule has 0 fully saturated rings. The second-order valence-electron chi connectivity index (χ2n) is 4.70. The Morgan fingerprint density at radius 3 is 2.68 bits per heavy atom. The molecule has 4 heteroatoms. The van der Waals surface area contributed by atoms with Gasteiger partial charge in [0.2, 0.25) is 0 Å². The molecule has 3 rings (SSSR count). The maximum absolute atomic E-state index is 13.8. The summed E-state index contributed by atoms with van der Waals surface area (Å²) in [7, 11) is 0. The highest BCUT2D eigenvalue weighted by atomic mass is 79.9. The summed E-state index contributed by atoms with van der Waals surface area (Å²) in [5.41, 5.74) is 2.82. The number of benzene rings is 2. The van der Waals surface area contributed by atoms with Gasteiger partial charge in [0.1, 0.15) is 5.82 Å². The van der Waals surface area contributed by atoms with Gasteiger partial charge in [-0.3, -0.25) is 0 Å². The van der Waals surface area contributed by atoms with Gasteiger partial charge in [-0.05, 0) is 42.7 Å². The van der Waals surface area contributed by atoms with Crippen molar-refractivity contribution in [1.82, 2.24) is 0 Å². The first-order valence-corrected chi connectivity index (χ1v) is 7.30. The third kappa shape index (κ3) is 2.63. The van der Waals surface area contributed by atoms with E-state index in [0.29, 0.717) is 0 Å². The summed E-state index contributed by atoms with van der Waals surface area (Å²) in [6.45, 7) is 0. The smallest absolute Gasteiger partial charge is 0.129 e. The summed E-state index contributed by atoms with van der Waals surface area (Å²) >= 11 is 9.23. The van der Waals surface area contributed by atoms with Crippen LogP contribution in [0.4, 0.5) is 10.1 Å². The molecule has 0 aromatic heterocycles. The molecule has 1 unspecified atom stereocenters. The number of hydrogen-bond donors (Lipinski definition) is 1. The van der Waals surface area contributed by atoms with Gasteiger partial charge in [-0.1, -0.05) is 39.7 Å². The maximum atomic E-state index is 13.8. The first-order valence-electron chi connectivity index (χ1n) is 6.13. The summed E-state index contributed by atoms with van der Waals surface area (Å²) in [4.78, 5) is 0. The van der Waals surface area contributed by atoms with E-state index >= 15 is 0 Å². The quantitative estimate of drug-likeness (QED) is 0.739. The van der Waals surface area contributed by atoms with E-state index in [1.165, 1.54) is 11.6 Å². The van der Waals surface area contributed by atoms with Crippen LogP contribution in [0.2, 0.25) is 5.02 Å². The average Bonchev–Trinajstić information content (AvgIpc) is 2.38. The number of anilines is 1. The highest BCUT2D eigenvalue weighted by Gasteiger charge is 2.22. The summed E-state index contributed by atoms with van der Waals surface area (Å²) < 4.78 is 14.6. The lowest BCUT2D eigenvalue weighted by molar-refractivity contribution is 0.581. The minimum atomic E-state index is -0.147. The van der Waals surface area contributed by atoms with E-state index in [-0.39, 0.29) is 11.9 Å². The zero-order valence-corrected chi connectivity index (χ0v) is 12.4. The zero-order valence-electron chi connectivity index (χ0n) is 10.1. The molecular formula is C15H12BrClFN. The first kappa shape index (κ1) is 12.9. The molecular weight excluding hydrogens is 329 g/mol. The van der Waals surface area contributed by atoms with E-state index in [0.717, 1.165) is 33.6 Å². The standard InChI is InChI=1S/C15H12BrClFN/c16-10-7-13(18)12-5-6-14(19-15(12)8-10)9-1-3-11(17)4-2-9/h1-4,7-8,14,19H,5-6H2. The van der Waals surface area contributed by atoms with Crippen molar-refractivity contribution in [3.8, 4) is 0 Å². The zero-order chi connectivity index (χ0) is 13.4. The number of fused-ring (bicyclic) bond motifs is 1. The molecule has 19 heavy (non-hydrogen) atoms. The van der Waals surface area contributed by atoms with Gasteiger partial charge in [-0.25, -0.2) is 4.39 Å². The van der Waals surface area contributed by atoms with Crippen LogP contribution in [0.15, 0.2) is 40.9 Å². The van der Waals surface area contributed by atoms with E-state index < -0.39 is 0 Å². The lowest BCUT2D eigenvalue weighted by atomic mass is 9.93. The fraction of sp³-hybridized carbons (Fsp3) is 0.200. The van der Waals surface area contributed by atoms with Crippen molar-refractivity contribution in [3.63, 3.8) is 0 Å². The fourth-order valence-corrected chi connectivity index (χ4v) is 3.04. The molecule has 1 nitrogen and oxygen atoms in total. The Morgan fingerprint density at radius 2 is 1.95 bits per heavy atom. The third-order valence-electron chi connectivity index (χ3n) is 3.45. The summed E-state index contributed by atoms with van der Waals surface area (Å²) in [6.07, 6.45) is 1.63. The largest absolute Gasteiger partial charge is 0.378 e. The lowest BCUT2D eigenvalue weighted by Crippen LogP contribution is -2.19. The lowest BCUT2D eigenvalue weighted by Gasteiger charge is -2.28. The van der Waals surface area contributed by atoms with Crippen molar-refractivity contribution in [2.24, 2.45) is 0 Å². The second-order valence-corrected chi connectivity index (χ2v) is 6.05. The van der Waals surface area contributed by atoms with Gasteiger partial charge in [0.25, 0.3) is 0 Å². The van der Waals surface area contributed by atoms with Crippen molar-refractivity contribution in [1.29, 1.82) is 0 Å². The van der Waals surface area contributed by atoms with Gasteiger partial charge in [-0.2, -0.15) is 0 Å². The Kier molecular flexibility index (Phi) is 3.50. The van der Waals surface area contributed by atoms with Gasteiger partial charge in [0.05, 0.1) is 6.04 Å². The van der Waals surface area contributed by atoms with Crippen LogP contribution < -0.4 is 5.32 Å². The molecule has 2 aromatic carbocycles. The van der Waals surface area contributed by atoms with E-state index in [1.54, 1.807) is 0 Å². The molecule has 1 heterocycles. The Balaban J connectivity index is 1.91. The fourth-order valence-electron chi connectivity index (χ4n) is 2.48. The number of rotatable bonds is 1. The number of hydrogen-bond acceptors (Lipinski definition) is 1. The van der Waals surface area contributed by atoms with Gasteiger partial charge in [0.15, 0.2) is 0 Å². The molecule has 98 valence electrons. The van der Waals surface area contributed by atoms with Crippen LogP contribution in [-0.2, 0) is 6.42 Å². The van der Waals surface area contributed by atoms with Crippen LogP contribution in [0.5, 0.6) is 0 Å². The van der Waals surface area contributed by atoms with Crippen LogP contribution >= 0.6 is 27.5 Å². The van der Waals surface area contributed by atoms with Crippen LogP contribution in [0, 0.1) is 5.82 Å². The summed E-state index contributed by atoms with van der Waals surface area (Å²) in [5.74, 6) is -0.147. The molecule has 0 radical (unpaired) electrons. The molecule has 0 aliphatic carbocycles. The number of nitrogens with one attached hydrogen (secondary N) is 1. The Morgan fingerprint density at radius 1 is 1.21 bits per heavy atom. The van der Waals surface area contributed by atoms with E-state index in [9.17, 15) is 4.39 Å². The predicted molar refractivity (Wildman–Crippen MR) is 80.2 cm³/mol. The molecule has 1 atom stereocenters. The van der Waals surface area contributed by atoms with Crippen molar-refractivity contribution >= 4 is 33.2 Å². The minimum Gasteiger partial charge on any atom is -0.378 e. The molecule has 2 aromatic rings. The molecule has 0 spiro atoms. The van der Waals surface area contributed by atoms with Gasteiger partial charge < -0.3 is 5.32 Å².